The van der Waals surface area contributed by atoms with Gasteiger partial charge in [0.25, 0.3) is 5.91 Å². The van der Waals surface area contributed by atoms with E-state index in [9.17, 15) is 17.6 Å². The molecule has 1 atom stereocenters. The number of halogens is 1. The zero-order valence-corrected chi connectivity index (χ0v) is 15.7. The Balaban J connectivity index is 1.76. The molecule has 1 amide bonds. The summed E-state index contributed by atoms with van der Waals surface area (Å²) in [6.45, 7) is 3.07. The number of nitrogens with zero attached hydrogens (tertiary/aromatic N) is 1. The number of amides is 1. The van der Waals surface area contributed by atoms with Crippen LogP contribution in [0.5, 0.6) is 0 Å². The van der Waals surface area contributed by atoms with Crippen LogP contribution >= 0.6 is 0 Å². The maximum absolute atomic E-state index is 13.0. The molecule has 8 heteroatoms. The van der Waals surface area contributed by atoms with Gasteiger partial charge in [0.15, 0.2) is 0 Å². The number of nitrogens with one attached hydrogen (secondary N) is 1. The molecule has 144 valence electrons. The van der Waals surface area contributed by atoms with Crippen LogP contribution in [0.25, 0.3) is 0 Å². The van der Waals surface area contributed by atoms with Crippen molar-refractivity contribution in [3.63, 3.8) is 0 Å². The van der Waals surface area contributed by atoms with E-state index in [1.165, 1.54) is 28.6 Å². The van der Waals surface area contributed by atoms with Crippen molar-refractivity contribution in [2.75, 3.05) is 26.3 Å². The van der Waals surface area contributed by atoms with Crippen molar-refractivity contribution in [1.29, 1.82) is 0 Å². The highest BCUT2D eigenvalue weighted by atomic mass is 32.2. The van der Waals surface area contributed by atoms with Gasteiger partial charge in [-0.15, -0.1) is 0 Å². The fraction of sp³-hybridized carbons (Fsp3) is 0.316. The van der Waals surface area contributed by atoms with E-state index in [1.807, 2.05) is 0 Å². The molecule has 6 nitrogen and oxygen atoms in total. The molecule has 2 aromatic rings. The van der Waals surface area contributed by atoms with E-state index in [1.54, 1.807) is 31.2 Å². The lowest BCUT2D eigenvalue weighted by molar-refractivity contribution is 0.0730. The molecule has 1 saturated heterocycles. The van der Waals surface area contributed by atoms with E-state index in [2.05, 4.69) is 5.32 Å². The molecule has 3 rings (SSSR count). The largest absolute Gasteiger partial charge is 0.379 e. The molecule has 0 unspecified atom stereocenters. The van der Waals surface area contributed by atoms with Crippen molar-refractivity contribution in [2.45, 2.75) is 17.9 Å². The number of carbonyl (C=O) groups excluding carboxylic acids is 1. The quantitative estimate of drug-likeness (QED) is 0.848. The van der Waals surface area contributed by atoms with Gasteiger partial charge in [-0.05, 0) is 42.8 Å². The van der Waals surface area contributed by atoms with Gasteiger partial charge in [-0.25, -0.2) is 12.8 Å². The van der Waals surface area contributed by atoms with Crippen LogP contribution in [0.4, 0.5) is 4.39 Å². The lowest BCUT2D eigenvalue weighted by Crippen LogP contribution is -2.40. The maximum Gasteiger partial charge on any atom is 0.251 e. The van der Waals surface area contributed by atoms with Crippen molar-refractivity contribution in [1.82, 2.24) is 9.62 Å². The number of benzene rings is 2. The number of sulfonamides is 1. The molecule has 1 N–H and O–H groups in total. The Morgan fingerprint density at radius 2 is 1.81 bits per heavy atom. The zero-order chi connectivity index (χ0) is 19.4. The molecule has 0 aliphatic carbocycles. The summed E-state index contributed by atoms with van der Waals surface area (Å²) in [5.74, 6) is -0.746. The van der Waals surface area contributed by atoms with Crippen LogP contribution in [0.3, 0.4) is 0 Å². The molecule has 0 bridgehead atoms. The van der Waals surface area contributed by atoms with Crippen molar-refractivity contribution < 1.29 is 22.3 Å². The summed E-state index contributed by atoms with van der Waals surface area (Å²) in [6.07, 6.45) is 0. The third kappa shape index (κ3) is 4.52. The highest BCUT2D eigenvalue weighted by Gasteiger charge is 2.27. The van der Waals surface area contributed by atoms with Gasteiger partial charge in [0, 0.05) is 18.7 Å². The van der Waals surface area contributed by atoms with E-state index in [0.29, 0.717) is 26.3 Å². The lowest BCUT2D eigenvalue weighted by Gasteiger charge is -2.26. The summed E-state index contributed by atoms with van der Waals surface area (Å²) < 4.78 is 45.1. The van der Waals surface area contributed by atoms with Crippen molar-refractivity contribution >= 4 is 15.9 Å². The number of ether oxygens (including phenoxy) is 1. The number of carbonyl (C=O) groups is 1. The SMILES string of the molecule is C[C@@H](NC(=O)c1cccc(S(=O)(=O)N2CCOCC2)c1)c1ccc(F)cc1. The van der Waals surface area contributed by atoms with Gasteiger partial charge in [-0.3, -0.25) is 4.79 Å². The number of hydrogen-bond acceptors (Lipinski definition) is 4. The molecule has 0 radical (unpaired) electrons. The Labute approximate surface area is 158 Å². The topological polar surface area (TPSA) is 75.7 Å². The predicted octanol–water partition coefficient (Wildman–Crippen LogP) is 2.34. The lowest BCUT2D eigenvalue weighted by atomic mass is 10.1. The van der Waals surface area contributed by atoms with Crippen LogP contribution in [0.1, 0.15) is 28.9 Å². The summed E-state index contributed by atoms with van der Waals surface area (Å²) >= 11 is 0. The monoisotopic (exact) mass is 392 g/mol. The van der Waals surface area contributed by atoms with Crippen molar-refractivity contribution in [2.24, 2.45) is 0 Å². The Morgan fingerprint density at radius 1 is 1.15 bits per heavy atom. The van der Waals surface area contributed by atoms with Crippen LogP contribution in [0, 0.1) is 5.82 Å². The van der Waals surface area contributed by atoms with Crippen LogP contribution in [0.2, 0.25) is 0 Å². The van der Waals surface area contributed by atoms with Crippen LogP contribution < -0.4 is 5.32 Å². The second-order valence-corrected chi connectivity index (χ2v) is 8.23. The molecule has 1 heterocycles. The van der Waals surface area contributed by atoms with Crippen molar-refractivity contribution in [3.8, 4) is 0 Å². The fourth-order valence-corrected chi connectivity index (χ4v) is 4.30. The normalized spacial score (nSPS) is 16.7. The van der Waals surface area contributed by atoms with Gasteiger partial charge in [-0.1, -0.05) is 18.2 Å². The second kappa shape index (κ2) is 8.16. The third-order valence-corrected chi connectivity index (χ3v) is 6.32. The average Bonchev–Trinajstić information content (AvgIpc) is 2.69. The minimum Gasteiger partial charge on any atom is -0.379 e. The minimum atomic E-state index is -3.67. The van der Waals surface area contributed by atoms with E-state index < -0.39 is 15.9 Å². The molecule has 0 saturated carbocycles. The molecule has 27 heavy (non-hydrogen) atoms. The molecule has 2 aromatic carbocycles. The third-order valence-electron chi connectivity index (χ3n) is 4.42. The Morgan fingerprint density at radius 3 is 2.48 bits per heavy atom. The van der Waals surface area contributed by atoms with Gasteiger partial charge < -0.3 is 10.1 Å². The van der Waals surface area contributed by atoms with Gasteiger partial charge >= 0.3 is 0 Å². The summed E-state index contributed by atoms with van der Waals surface area (Å²) in [5, 5.41) is 2.80. The van der Waals surface area contributed by atoms with Gasteiger partial charge in [0.05, 0.1) is 24.2 Å². The zero-order valence-electron chi connectivity index (χ0n) is 14.9. The smallest absolute Gasteiger partial charge is 0.251 e. The number of morpholine rings is 1. The predicted molar refractivity (Wildman–Crippen MR) is 98.3 cm³/mol. The molecule has 0 spiro atoms. The molecule has 1 fully saturated rings. The Hall–Kier alpha value is -2.29. The van der Waals surface area contributed by atoms with E-state index in [4.69, 9.17) is 4.74 Å². The first-order chi connectivity index (χ1) is 12.9. The van der Waals surface area contributed by atoms with Gasteiger partial charge in [0.2, 0.25) is 10.0 Å². The summed E-state index contributed by atoms with van der Waals surface area (Å²) in [6, 6.07) is 11.5. The number of rotatable bonds is 5. The molecule has 1 aliphatic heterocycles. The fourth-order valence-electron chi connectivity index (χ4n) is 2.85. The first-order valence-electron chi connectivity index (χ1n) is 8.62. The molecule has 0 aromatic heterocycles. The minimum absolute atomic E-state index is 0.0754. The van der Waals surface area contributed by atoms with Gasteiger partial charge in [-0.2, -0.15) is 4.31 Å². The first-order valence-corrected chi connectivity index (χ1v) is 10.1. The first kappa shape index (κ1) is 19.5. The van der Waals surface area contributed by atoms with Crippen LogP contribution in [-0.4, -0.2) is 44.9 Å². The highest BCUT2D eigenvalue weighted by Crippen LogP contribution is 2.19. The van der Waals surface area contributed by atoms with E-state index in [-0.39, 0.29) is 22.3 Å². The Bertz CT molecular complexity index is 910. The highest BCUT2D eigenvalue weighted by molar-refractivity contribution is 7.89. The molecule has 1 aliphatic rings. The van der Waals surface area contributed by atoms with Crippen LogP contribution in [0.15, 0.2) is 53.4 Å². The summed E-state index contributed by atoms with van der Waals surface area (Å²) in [5.41, 5.74) is 1.00. The number of hydrogen-bond donors (Lipinski definition) is 1. The summed E-state index contributed by atoms with van der Waals surface area (Å²) in [4.78, 5) is 12.6. The van der Waals surface area contributed by atoms with Crippen LogP contribution in [-0.2, 0) is 14.8 Å². The van der Waals surface area contributed by atoms with E-state index >= 15 is 0 Å². The molecular weight excluding hydrogens is 371 g/mol. The maximum atomic E-state index is 13.0. The van der Waals surface area contributed by atoms with Gasteiger partial charge in [0.1, 0.15) is 5.82 Å². The standard InChI is InChI=1S/C19H21FN2O4S/c1-14(15-5-7-17(20)8-6-15)21-19(23)16-3-2-4-18(13-16)27(24,25)22-9-11-26-12-10-22/h2-8,13-14H,9-12H2,1H3,(H,21,23)/t14-/m1/s1. The second-order valence-electron chi connectivity index (χ2n) is 6.29. The summed E-state index contributed by atoms with van der Waals surface area (Å²) in [7, 11) is -3.67. The average molecular weight is 392 g/mol. The van der Waals surface area contributed by atoms with E-state index in [0.717, 1.165) is 5.56 Å². The van der Waals surface area contributed by atoms with Crippen molar-refractivity contribution in [3.05, 3.63) is 65.5 Å². The Kier molecular flexibility index (Phi) is 5.88. The molecular formula is C19H21FN2O4S.